The van der Waals surface area contributed by atoms with Crippen LogP contribution in [0.5, 0.6) is 0 Å². The van der Waals surface area contributed by atoms with Gasteiger partial charge in [-0.3, -0.25) is 4.79 Å². The molecule has 1 aliphatic heterocycles. The number of imidazole rings is 1. The molecule has 2 N–H and O–H groups in total. The fourth-order valence-corrected chi connectivity index (χ4v) is 2.31. The summed E-state index contributed by atoms with van der Waals surface area (Å²) in [6, 6.07) is 4.87. The van der Waals surface area contributed by atoms with Crippen molar-refractivity contribution in [3.05, 3.63) is 41.6 Å². The summed E-state index contributed by atoms with van der Waals surface area (Å²) >= 11 is 0. The van der Waals surface area contributed by atoms with Gasteiger partial charge in [-0.25, -0.2) is 9.97 Å². The first-order valence-electron chi connectivity index (χ1n) is 6.56. The van der Waals surface area contributed by atoms with Gasteiger partial charge in [0, 0.05) is 25.8 Å². The Hall–Kier alpha value is -2.42. The van der Waals surface area contributed by atoms with E-state index in [9.17, 15) is 18.0 Å². The lowest BCUT2D eigenvalue weighted by atomic mass is 10.2. The Bertz CT molecular complexity index is 696. The molecule has 2 aromatic rings. The first-order valence-corrected chi connectivity index (χ1v) is 6.56. The quantitative estimate of drug-likeness (QED) is 0.885. The van der Waals surface area contributed by atoms with E-state index in [1.165, 1.54) is 6.20 Å². The summed E-state index contributed by atoms with van der Waals surface area (Å²) in [7, 11) is 0. The molecule has 0 spiro atoms. The largest absolute Gasteiger partial charge is 0.449 e. The van der Waals surface area contributed by atoms with Crippen LogP contribution in [0.15, 0.2) is 24.4 Å². The number of carbonyl (C=O) groups excluding carboxylic acids is 1. The van der Waals surface area contributed by atoms with E-state index in [1.807, 2.05) is 0 Å². The Kier molecular flexibility index (Phi) is 3.57. The topological polar surface area (TPSA) is 71.8 Å². The molecular formula is C13H12F3N5O. The molecule has 3 rings (SSSR count). The number of pyridine rings is 1. The molecule has 6 nitrogen and oxygen atoms in total. The Morgan fingerprint density at radius 1 is 1.36 bits per heavy atom. The molecule has 0 unspecified atom stereocenters. The van der Waals surface area contributed by atoms with E-state index in [2.05, 4.69) is 20.6 Å². The standard InChI is InChI=1S/C13H12F3N5O/c14-13(15,16)12-20-10(8-7-17-5-6-21(8)12)11(22)19-9-3-1-2-4-18-9/h1-4,17H,5-7H2,(H,18,19,22). The van der Waals surface area contributed by atoms with Crippen LogP contribution in [-0.2, 0) is 19.3 Å². The van der Waals surface area contributed by atoms with Crippen molar-refractivity contribution in [2.24, 2.45) is 0 Å². The molecule has 22 heavy (non-hydrogen) atoms. The number of hydrogen-bond donors (Lipinski definition) is 2. The molecule has 1 amide bonds. The van der Waals surface area contributed by atoms with Crippen LogP contribution in [0.25, 0.3) is 0 Å². The monoisotopic (exact) mass is 311 g/mol. The molecule has 0 aliphatic carbocycles. The van der Waals surface area contributed by atoms with E-state index in [0.29, 0.717) is 6.54 Å². The molecule has 0 saturated carbocycles. The zero-order valence-electron chi connectivity index (χ0n) is 11.3. The van der Waals surface area contributed by atoms with Crippen LogP contribution in [0.4, 0.5) is 19.0 Å². The van der Waals surface area contributed by atoms with Crippen LogP contribution in [0.2, 0.25) is 0 Å². The molecule has 0 saturated heterocycles. The second kappa shape index (κ2) is 5.41. The van der Waals surface area contributed by atoms with Crippen LogP contribution < -0.4 is 10.6 Å². The van der Waals surface area contributed by atoms with Crippen molar-refractivity contribution >= 4 is 11.7 Å². The minimum atomic E-state index is -4.60. The molecule has 3 heterocycles. The predicted octanol–water partition coefficient (Wildman–Crippen LogP) is 1.65. The number of alkyl halides is 3. The lowest BCUT2D eigenvalue weighted by molar-refractivity contribution is -0.147. The number of nitrogens with zero attached hydrogens (tertiary/aromatic N) is 3. The highest BCUT2D eigenvalue weighted by atomic mass is 19.4. The van der Waals surface area contributed by atoms with Crippen LogP contribution in [0.1, 0.15) is 22.0 Å². The number of hydrogen-bond acceptors (Lipinski definition) is 4. The van der Waals surface area contributed by atoms with Crippen molar-refractivity contribution in [2.45, 2.75) is 19.3 Å². The Labute approximate surface area is 123 Å². The Morgan fingerprint density at radius 2 is 2.18 bits per heavy atom. The van der Waals surface area contributed by atoms with Crippen molar-refractivity contribution in [3.8, 4) is 0 Å². The highest BCUT2D eigenvalue weighted by molar-refractivity contribution is 6.03. The van der Waals surface area contributed by atoms with Gasteiger partial charge in [0.05, 0.1) is 5.69 Å². The van der Waals surface area contributed by atoms with Gasteiger partial charge in [0.1, 0.15) is 5.82 Å². The first-order chi connectivity index (χ1) is 10.5. The third kappa shape index (κ3) is 2.67. The van der Waals surface area contributed by atoms with Gasteiger partial charge in [-0.15, -0.1) is 0 Å². The van der Waals surface area contributed by atoms with Gasteiger partial charge in [0.25, 0.3) is 5.91 Å². The Balaban J connectivity index is 1.97. The summed E-state index contributed by atoms with van der Waals surface area (Å²) in [5.74, 6) is -1.50. The van der Waals surface area contributed by atoms with E-state index in [4.69, 9.17) is 0 Å². The van der Waals surface area contributed by atoms with Gasteiger partial charge >= 0.3 is 6.18 Å². The second-order valence-corrected chi connectivity index (χ2v) is 4.73. The van der Waals surface area contributed by atoms with Crippen molar-refractivity contribution in [2.75, 3.05) is 11.9 Å². The number of amides is 1. The molecular weight excluding hydrogens is 299 g/mol. The average Bonchev–Trinajstić information content (AvgIpc) is 2.88. The molecule has 0 bridgehead atoms. The maximum atomic E-state index is 13.0. The predicted molar refractivity (Wildman–Crippen MR) is 71.1 cm³/mol. The fourth-order valence-electron chi connectivity index (χ4n) is 2.31. The summed E-state index contributed by atoms with van der Waals surface area (Å²) in [5, 5.41) is 5.39. The molecule has 0 radical (unpaired) electrons. The third-order valence-corrected chi connectivity index (χ3v) is 3.25. The normalized spacial score (nSPS) is 14.5. The Morgan fingerprint density at radius 3 is 2.86 bits per heavy atom. The number of rotatable bonds is 2. The average molecular weight is 311 g/mol. The molecule has 2 aromatic heterocycles. The van der Waals surface area contributed by atoms with Gasteiger partial charge in [-0.1, -0.05) is 6.07 Å². The number of halogens is 3. The SMILES string of the molecule is O=C(Nc1ccccn1)c1nc(C(F)(F)F)n2c1CNCC2. The maximum absolute atomic E-state index is 13.0. The zero-order chi connectivity index (χ0) is 15.7. The number of fused-ring (bicyclic) bond motifs is 1. The van der Waals surface area contributed by atoms with Crippen LogP contribution in [0, 0.1) is 0 Å². The number of carbonyl (C=O) groups is 1. The molecule has 1 aliphatic rings. The van der Waals surface area contributed by atoms with Gasteiger partial charge in [0.2, 0.25) is 5.82 Å². The van der Waals surface area contributed by atoms with Gasteiger partial charge < -0.3 is 15.2 Å². The molecule has 0 aromatic carbocycles. The second-order valence-electron chi connectivity index (χ2n) is 4.73. The lowest BCUT2D eigenvalue weighted by Crippen LogP contribution is -2.31. The minimum Gasteiger partial charge on any atom is -0.321 e. The molecule has 0 fully saturated rings. The number of aromatic nitrogens is 3. The van der Waals surface area contributed by atoms with Crippen LogP contribution in [0.3, 0.4) is 0 Å². The van der Waals surface area contributed by atoms with Crippen LogP contribution in [-0.4, -0.2) is 27.0 Å². The fraction of sp³-hybridized carbons (Fsp3) is 0.308. The van der Waals surface area contributed by atoms with Gasteiger partial charge in [-0.2, -0.15) is 13.2 Å². The molecule has 116 valence electrons. The van der Waals surface area contributed by atoms with Gasteiger partial charge in [-0.05, 0) is 12.1 Å². The maximum Gasteiger partial charge on any atom is 0.449 e. The van der Waals surface area contributed by atoms with Crippen molar-refractivity contribution in [3.63, 3.8) is 0 Å². The highest BCUT2D eigenvalue weighted by Crippen LogP contribution is 2.31. The zero-order valence-corrected chi connectivity index (χ0v) is 11.3. The number of anilines is 1. The summed E-state index contributed by atoms with van der Waals surface area (Å²) < 4.78 is 40.1. The highest BCUT2D eigenvalue weighted by Gasteiger charge is 2.40. The smallest absolute Gasteiger partial charge is 0.321 e. The molecule has 9 heteroatoms. The summed E-state index contributed by atoms with van der Waals surface area (Å²) in [4.78, 5) is 19.6. The van der Waals surface area contributed by atoms with E-state index < -0.39 is 17.9 Å². The third-order valence-electron chi connectivity index (χ3n) is 3.25. The van der Waals surface area contributed by atoms with Crippen molar-refractivity contribution in [1.29, 1.82) is 0 Å². The van der Waals surface area contributed by atoms with Crippen molar-refractivity contribution in [1.82, 2.24) is 19.9 Å². The number of nitrogens with one attached hydrogen (secondary N) is 2. The minimum absolute atomic E-state index is 0.119. The van der Waals surface area contributed by atoms with Crippen LogP contribution >= 0.6 is 0 Å². The van der Waals surface area contributed by atoms with E-state index in [1.54, 1.807) is 18.2 Å². The lowest BCUT2D eigenvalue weighted by Gasteiger charge is -2.19. The van der Waals surface area contributed by atoms with Gasteiger partial charge in [0.15, 0.2) is 5.69 Å². The summed E-state index contributed by atoms with van der Waals surface area (Å²) in [6.45, 7) is 0.676. The van der Waals surface area contributed by atoms with E-state index >= 15 is 0 Å². The summed E-state index contributed by atoms with van der Waals surface area (Å²) in [6.07, 6.45) is -3.13. The van der Waals surface area contributed by atoms with Crippen molar-refractivity contribution < 1.29 is 18.0 Å². The van der Waals surface area contributed by atoms with E-state index in [0.717, 1.165) is 4.57 Å². The first kappa shape index (κ1) is 14.5. The summed E-state index contributed by atoms with van der Waals surface area (Å²) in [5.41, 5.74) is -0.00261. The molecule has 0 atom stereocenters. The van der Waals surface area contributed by atoms with E-state index in [-0.39, 0.29) is 30.3 Å².